The Balaban J connectivity index is 1.60. The summed E-state index contributed by atoms with van der Waals surface area (Å²) in [5.41, 5.74) is 3.44. The Kier molecular flexibility index (Phi) is 5.37. The lowest BCUT2D eigenvalue weighted by atomic mass is 10.0. The van der Waals surface area contributed by atoms with E-state index in [1.165, 1.54) is 23.9 Å². The van der Waals surface area contributed by atoms with Gasteiger partial charge in [0, 0.05) is 17.9 Å². The van der Waals surface area contributed by atoms with Crippen molar-refractivity contribution in [1.82, 2.24) is 4.90 Å². The number of fused-ring (bicyclic) bond motifs is 2. The van der Waals surface area contributed by atoms with E-state index in [2.05, 4.69) is 0 Å². The van der Waals surface area contributed by atoms with Gasteiger partial charge in [0.25, 0.3) is 11.8 Å². The molecule has 1 saturated heterocycles. The average molecular weight is 463 g/mol. The Morgan fingerprint density at radius 3 is 2.73 bits per heavy atom. The van der Waals surface area contributed by atoms with Gasteiger partial charge >= 0.3 is 0 Å². The molecule has 0 N–H and O–H groups in total. The largest absolute Gasteiger partial charge is 0.497 e. The van der Waals surface area contributed by atoms with Gasteiger partial charge < -0.3 is 14.5 Å². The van der Waals surface area contributed by atoms with E-state index in [4.69, 9.17) is 4.74 Å². The van der Waals surface area contributed by atoms with Gasteiger partial charge in [0.2, 0.25) is 0 Å². The Labute approximate surface area is 196 Å². The molecule has 0 aliphatic carbocycles. The molecule has 33 heavy (non-hydrogen) atoms. The molecule has 1 fully saturated rings. The molecule has 3 aromatic carbocycles. The highest BCUT2D eigenvalue weighted by Crippen LogP contribution is 2.55. The maximum atomic E-state index is 14.5. The van der Waals surface area contributed by atoms with Crippen LogP contribution in [0, 0.1) is 12.7 Å². The molecule has 1 atom stereocenters. The van der Waals surface area contributed by atoms with Crippen LogP contribution >= 0.6 is 11.8 Å². The molecule has 0 bridgehead atoms. The van der Waals surface area contributed by atoms with Gasteiger partial charge in [-0.25, -0.2) is 4.39 Å². The van der Waals surface area contributed by atoms with Gasteiger partial charge in [0.1, 0.15) is 11.6 Å². The summed E-state index contributed by atoms with van der Waals surface area (Å²) >= 11 is 1.44. The monoisotopic (exact) mass is 462 g/mol. The van der Waals surface area contributed by atoms with Crippen LogP contribution in [-0.2, 0) is 16.2 Å². The number of benzene rings is 3. The third kappa shape index (κ3) is 3.38. The van der Waals surface area contributed by atoms with E-state index in [1.807, 2.05) is 49.4 Å². The number of aryl methyl sites for hydroxylation is 1. The fourth-order valence-corrected chi connectivity index (χ4v) is 6.07. The summed E-state index contributed by atoms with van der Waals surface area (Å²) in [6.07, 6.45) is 0. The zero-order valence-electron chi connectivity index (χ0n) is 18.4. The first kappa shape index (κ1) is 21.5. The molecule has 2 aliphatic heterocycles. The van der Waals surface area contributed by atoms with Gasteiger partial charge in [-0.05, 0) is 42.8 Å². The number of nitrogens with zero attached hydrogens (tertiary/aromatic N) is 2. The maximum Gasteiger partial charge on any atom is 0.268 e. The number of methoxy groups -OCH3 is 1. The van der Waals surface area contributed by atoms with Crippen molar-refractivity contribution in [1.29, 1.82) is 0 Å². The van der Waals surface area contributed by atoms with Gasteiger partial charge in [0.15, 0.2) is 4.87 Å². The molecule has 168 valence electrons. The lowest BCUT2D eigenvalue weighted by Gasteiger charge is -2.33. The number of thioether (sulfide) groups is 1. The lowest BCUT2D eigenvalue weighted by Crippen LogP contribution is -2.50. The van der Waals surface area contributed by atoms with Crippen LogP contribution in [0.1, 0.15) is 27.0 Å². The van der Waals surface area contributed by atoms with Gasteiger partial charge in [0.05, 0.1) is 24.9 Å². The third-order valence-corrected chi connectivity index (χ3v) is 7.59. The average Bonchev–Trinajstić information content (AvgIpc) is 3.36. The number of hydrogen-bond acceptors (Lipinski definition) is 4. The Morgan fingerprint density at radius 1 is 1.12 bits per heavy atom. The van der Waals surface area contributed by atoms with Gasteiger partial charge in [-0.3, -0.25) is 9.59 Å². The van der Waals surface area contributed by atoms with Crippen LogP contribution < -0.4 is 9.64 Å². The zero-order chi connectivity index (χ0) is 23.2. The fourth-order valence-electron chi connectivity index (χ4n) is 4.62. The Bertz CT molecular complexity index is 1260. The molecule has 5 rings (SSSR count). The van der Waals surface area contributed by atoms with Crippen molar-refractivity contribution >= 4 is 29.3 Å². The smallest absolute Gasteiger partial charge is 0.268 e. The quantitative estimate of drug-likeness (QED) is 0.563. The first-order valence-corrected chi connectivity index (χ1v) is 11.7. The molecule has 7 heteroatoms. The van der Waals surface area contributed by atoms with E-state index in [1.54, 1.807) is 29.0 Å². The summed E-state index contributed by atoms with van der Waals surface area (Å²) in [6, 6.07) is 19.4. The molecule has 0 radical (unpaired) electrons. The van der Waals surface area contributed by atoms with Crippen molar-refractivity contribution in [3.05, 3.63) is 94.8 Å². The molecule has 2 aliphatic rings. The van der Waals surface area contributed by atoms with Crippen molar-refractivity contribution < 1.29 is 18.7 Å². The highest BCUT2D eigenvalue weighted by atomic mass is 32.2. The van der Waals surface area contributed by atoms with Crippen molar-refractivity contribution in [3.8, 4) is 5.75 Å². The van der Waals surface area contributed by atoms with E-state index in [0.29, 0.717) is 24.6 Å². The number of anilines is 1. The zero-order valence-corrected chi connectivity index (χ0v) is 19.2. The molecule has 2 heterocycles. The molecule has 5 nitrogen and oxygen atoms in total. The molecule has 3 aromatic rings. The second kappa shape index (κ2) is 8.23. The predicted molar refractivity (Wildman–Crippen MR) is 127 cm³/mol. The van der Waals surface area contributed by atoms with Crippen molar-refractivity contribution in [2.75, 3.05) is 24.3 Å². The van der Waals surface area contributed by atoms with Crippen LogP contribution in [0.2, 0.25) is 0 Å². The SMILES string of the molecule is COc1cccc(CN2C(=O)[C@@]3(SCCN3C(=O)c3ccccc3F)c3cc(C)ccc32)c1. The highest BCUT2D eigenvalue weighted by molar-refractivity contribution is 8.01. The number of hydrogen-bond donors (Lipinski definition) is 0. The fraction of sp³-hybridized carbons (Fsp3) is 0.231. The van der Waals surface area contributed by atoms with Crippen LogP contribution in [0.25, 0.3) is 0 Å². The predicted octanol–water partition coefficient (Wildman–Crippen LogP) is 4.73. The highest BCUT2D eigenvalue weighted by Gasteiger charge is 2.59. The molecule has 0 unspecified atom stereocenters. The number of carbonyl (C=O) groups excluding carboxylic acids is 2. The minimum absolute atomic E-state index is 0.0207. The molecular weight excluding hydrogens is 439 g/mol. The van der Waals surface area contributed by atoms with Gasteiger partial charge in [-0.1, -0.05) is 42.0 Å². The number of carbonyl (C=O) groups is 2. The van der Waals surface area contributed by atoms with Crippen LogP contribution in [0.3, 0.4) is 0 Å². The summed E-state index contributed by atoms with van der Waals surface area (Å²) in [4.78, 5) is 29.6. The maximum absolute atomic E-state index is 14.5. The van der Waals surface area contributed by atoms with Crippen molar-refractivity contribution in [3.63, 3.8) is 0 Å². The van der Waals surface area contributed by atoms with Crippen molar-refractivity contribution in [2.24, 2.45) is 0 Å². The molecule has 0 aromatic heterocycles. The second-order valence-corrected chi connectivity index (χ2v) is 9.48. The van der Waals surface area contributed by atoms with Gasteiger partial charge in [-0.15, -0.1) is 11.8 Å². The summed E-state index contributed by atoms with van der Waals surface area (Å²) in [5.74, 6) is 0.0642. The Morgan fingerprint density at radius 2 is 1.94 bits per heavy atom. The summed E-state index contributed by atoms with van der Waals surface area (Å²) in [6.45, 7) is 2.67. The normalized spacial score (nSPS) is 19.3. The number of ether oxygens (including phenoxy) is 1. The number of halogens is 1. The minimum Gasteiger partial charge on any atom is -0.497 e. The van der Waals surface area contributed by atoms with E-state index >= 15 is 0 Å². The molecule has 0 saturated carbocycles. The minimum atomic E-state index is -1.21. The molecule has 1 spiro atoms. The van der Waals surface area contributed by atoms with Crippen LogP contribution in [0.15, 0.2) is 66.7 Å². The molecule has 2 amide bonds. The van der Waals surface area contributed by atoms with Gasteiger partial charge in [-0.2, -0.15) is 0 Å². The number of amides is 2. The number of rotatable bonds is 4. The second-order valence-electron chi connectivity index (χ2n) is 8.19. The Hall–Kier alpha value is -3.32. The first-order valence-electron chi connectivity index (χ1n) is 10.7. The van der Waals surface area contributed by atoms with E-state index < -0.39 is 16.6 Å². The van der Waals surface area contributed by atoms with Crippen molar-refractivity contribution in [2.45, 2.75) is 18.3 Å². The van der Waals surface area contributed by atoms with Crippen LogP contribution in [0.5, 0.6) is 5.75 Å². The summed E-state index contributed by atoms with van der Waals surface area (Å²) < 4.78 is 19.8. The summed E-state index contributed by atoms with van der Waals surface area (Å²) in [7, 11) is 1.61. The third-order valence-electron chi connectivity index (χ3n) is 6.17. The molecular formula is C26H23FN2O3S. The standard InChI is InChI=1S/C26H23FN2O3S/c1-17-10-11-23-21(14-17)26(25(31)28(23)16-18-6-5-7-19(15-18)32-2)29(12-13-33-26)24(30)20-8-3-4-9-22(20)27/h3-11,14-15H,12-13,16H2,1-2H3/t26-/m0/s1. The van der Waals surface area contributed by atoms with E-state index in [-0.39, 0.29) is 11.5 Å². The first-order chi connectivity index (χ1) is 16.0. The van der Waals surface area contributed by atoms with Crippen LogP contribution in [0.4, 0.5) is 10.1 Å². The topological polar surface area (TPSA) is 49.9 Å². The van der Waals surface area contributed by atoms with E-state index in [0.717, 1.165) is 22.4 Å². The lowest BCUT2D eigenvalue weighted by molar-refractivity contribution is -0.123. The van der Waals surface area contributed by atoms with E-state index in [9.17, 15) is 14.0 Å². The summed E-state index contributed by atoms with van der Waals surface area (Å²) in [5, 5.41) is 0. The van der Waals surface area contributed by atoms with Crippen LogP contribution in [-0.4, -0.2) is 36.1 Å².